The topological polar surface area (TPSA) is 29.1 Å². The molecule has 16 heavy (non-hydrogen) atoms. The Morgan fingerprint density at radius 2 is 2.00 bits per heavy atom. The van der Waals surface area contributed by atoms with Gasteiger partial charge in [0.05, 0.1) is 0 Å². The molecule has 0 fully saturated rings. The van der Waals surface area contributed by atoms with Crippen molar-refractivity contribution in [2.45, 2.75) is 0 Å². The molecule has 1 N–H and O–H groups in total. The van der Waals surface area contributed by atoms with Crippen LogP contribution in [0.2, 0.25) is 0 Å². The monoisotopic (exact) mass is 347 g/mol. The summed E-state index contributed by atoms with van der Waals surface area (Å²) in [5.74, 6) is -0.662. The Labute approximate surface area is 106 Å². The number of hydrogen-bond donors (Lipinski definition) is 1. The van der Waals surface area contributed by atoms with Crippen LogP contribution in [0.3, 0.4) is 0 Å². The molecule has 2 nitrogen and oxygen atoms in total. The van der Waals surface area contributed by atoms with Gasteiger partial charge in [-0.15, -0.1) is 0 Å². The van der Waals surface area contributed by atoms with E-state index in [4.69, 9.17) is 0 Å². The standard InChI is InChI=1S/C11H7BrFNOSe/c12-10-6-5-9(16-10)11(15)14-8-4-2-1-3-7(8)13/h1-6H,(H,14,15). The van der Waals surface area contributed by atoms with Crippen LogP contribution < -0.4 is 5.32 Å². The van der Waals surface area contributed by atoms with Crippen molar-refractivity contribution >= 4 is 42.0 Å². The molecule has 2 rings (SSSR count). The van der Waals surface area contributed by atoms with E-state index in [2.05, 4.69) is 21.2 Å². The van der Waals surface area contributed by atoms with E-state index in [1.54, 1.807) is 18.2 Å². The van der Waals surface area contributed by atoms with Gasteiger partial charge in [0.25, 0.3) is 0 Å². The number of amides is 1. The summed E-state index contributed by atoms with van der Waals surface area (Å²) in [6.45, 7) is 0. The van der Waals surface area contributed by atoms with E-state index in [1.807, 2.05) is 6.07 Å². The first-order valence-electron chi connectivity index (χ1n) is 4.48. The fraction of sp³-hybridized carbons (Fsp3) is 0. The number of carbonyl (C=O) groups excluding carboxylic acids is 1. The summed E-state index contributed by atoms with van der Waals surface area (Å²) in [5, 5.41) is 2.55. The maximum absolute atomic E-state index is 13.3. The molecule has 0 saturated carbocycles. The molecule has 0 aliphatic rings. The first-order chi connectivity index (χ1) is 7.66. The summed E-state index contributed by atoms with van der Waals surface area (Å²) in [6, 6.07) is 9.72. The van der Waals surface area contributed by atoms with Crippen LogP contribution in [0.15, 0.2) is 39.7 Å². The number of anilines is 1. The van der Waals surface area contributed by atoms with Crippen molar-refractivity contribution in [1.29, 1.82) is 0 Å². The van der Waals surface area contributed by atoms with Crippen LogP contribution in [0.5, 0.6) is 0 Å². The SMILES string of the molecule is O=C(Nc1ccccc1F)c1ccc(Br)[se]1. The first-order valence-corrected chi connectivity index (χ1v) is 6.98. The van der Waals surface area contributed by atoms with Gasteiger partial charge in [0.15, 0.2) is 0 Å². The summed E-state index contributed by atoms with van der Waals surface area (Å²) in [5.41, 5.74) is 0.215. The van der Waals surface area contributed by atoms with Crippen LogP contribution >= 0.6 is 15.9 Å². The molecule has 0 atom stereocenters. The van der Waals surface area contributed by atoms with Crippen LogP contribution in [0.25, 0.3) is 0 Å². The predicted molar refractivity (Wildman–Crippen MR) is 65.4 cm³/mol. The summed E-state index contributed by atoms with van der Waals surface area (Å²) in [4.78, 5) is 11.7. The van der Waals surface area contributed by atoms with Crippen molar-refractivity contribution in [2.24, 2.45) is 0 Å². The fourth-order valence-corrected chi connectivity index (χ4v) is 3.53. The number of rotatable bonds is 2. The molecule has 0 spiro atoms. The number of halogens is 2. The summed E-state index contributed by atoms with van der Waals surface area (Å²) in [7, 11) is 0. The molecule has 0 unspecified atom stereocenters. The molecule has 0 aliphatic carbocycles. The van der Waals surface area contributed by atoms with Crippen molar-refractivity contribution in [3.63, 3.8) is 0 Å². The molecular weight excluding hydrogens is 340 g/mol. The second kappa shape index (κ2) is 4.95. The number of carbonyl (C=O) groups is 1. The predicted octanol–water partition coefficient (Wildman–Crippen LogP) is 2.90. The zero-order valence-electron chi connectivity index (χ0n) is 8.04. The van der Waals surface area contributed by atoms with Gasteiger partial charge in [0, 0.05) is 0 Å². The van der Waals surface area contributed by atoms with Crippen molar-refractivity contribution in [3.8, 4) is 0 Å². The van der Waals surface area contributed by atoms with Crippen molar-refractivity contribution in [3.05, 3.63) is 50.0 Å². The van der Waals surface area contributed by atoms with Crippen LogP contribution in [0, 0.1) is 5.82 Å². The van der Waals surface area contributed by atoms with Crippen molar-refractivity contribution in [2.75, 3.05) is 5.32 Å². The molecule has 0 bridgehead atoms. The van der Waals surface area contributed by atoms with Crippen molar-refractivity contribution in [1.82, 2.24) is 0 Å². The Balaban J connectivity index is 2.17. The third-order valence-corrected chi connectivity index (χ3v) is 4.86. The molecule has 1 aromatic heterocycles. The van der Waals surface area contributed by atoms with Gasteiger partial charge < -0.3 is 0 Å². The van der Waals surface area contributed by atoms with Gasteiger partial charge in [-0.1, -0.05) is 0 Å². The van der Waals surface area contributed by atoms with Crippen LogP contribution in [0.1, 0.15) is 9.23 Å². The zero-order valence-corrected chi connectivity index (χ0v) is 11.3. The zero-order chi connectivity index (χ0) is 11.5. The van der Waals surface area contributed by atoms with E-state index in [0.717, 1.165) is 3.35 Å². The quantitative estimate of drug-likeness (QED) is 0.832. The van der Waals surface area contributed by atoms with E-state index >= 15 is 0 Å². The van der Waals surface area contributed by atoms with Crippen LogP contribution in [0.4, 0.5) is 10.1 Å². The maximum atomic E-state index is 13.3. The van der Waals surface area contributed by atoms with Gasteiger partial charge in [-0.2, -0.15) is 0 Å². The minimum atomic E-state index is -0.422. The molecule has 5 heteroatoms. The van der Waals surface area contributed by atoms with Crippen molar-refractivity contribution < 1.29 is 9.18 Å². The molecule has 0 radical (unpaired) electrons. The van der Waals surface area contributed by atoms with E-state index in [1.165, 1.54) is 12.1 Å². The molecule has 1 heterocycles. The molecule has 0 saturated heterocycles. The second-order valence-electron chi connectivity index (χ2n) is 3.04. The minimum absolute atomic E-state index is 0.00462. The van der Waals surface area contributed by atoms with Gasteiger partial charge in [-0.3, -0.25) is 0 Å². The van der Waals surface area contributed by atoms with E-state index in [0.29, 0.717) is 4.44 Å². The number of benzene rings is 1. The summed E-state index contributed by atoms with van der Waals surface area (Å²) in [6.07, 6.45) is 0. The van der Waals surface area contributed by atoms with E-state index in [-0.39, 0.29) is 26.1 Å². The Bertz CT molecular complexity index is 526. The average molecular weight is 347 g/mol. The summed E-state index contributed by atoms with van der Waals surface area (Å²) < 4.78 is 15.0. The van der Waals surface area contributed by atoms with E-state index in [9.17, 15) is 9.18 Å². The normalized spacial score (nSPS) is 10.1. The van der Waals surface area contributed by atoms with Crippen LogP contribution in [-0.4, -0.2) is 20.4 Å². The van der Waals surface area contributed by atoms with Gasteiger partial charge in [-0.05, 0) is 0 Å². The number of nitrogens with one attached hydrogen (secondary N) is 1. The summed E-state index contributed by atoms with van der Waals surface area (Å²) >= 11 is 3.32. The van der Waals surface area contributed by atoms with Gasteiger partial charge >= 0.3 is 107 Å². The second-order valence-corrected chi connectivity index (χ2v) is 7.35. The third kappa shape index (κ3) is 2.61. The van der Waals surface area contributed by atoms with Gasteiger partial charge in [0.2, 0.25) is 0 Å². The molecule has 82 valence electrons. The van der Waals surface area contributed by atoms with Gasteiger partial charge in [-0.25, -0.2) is 0 Å². The molecule has 2 aromatic rings. The Hall–Kier alpha value is -0.901. The number of hydrogen-bond acceptors (Lipinski definition) is 1. The molecular formula is C11H7BrFNOSe. The molecule has 1 amide bonds. The van der Waals surface area contributed by atoms with Gasteiger partial charge in [0.1, 0.15) is 0 Å². The fourth-order valence-electron chi connectivity index (χ4n) is 1.18. The Morgan fingerprint density at radius 1 is 1.25 bits per heavy atom. The Kier molecular flexibility index (Phi) is 3.59. The first kappa shape index (κ1) is 11.6. The Morgan fingerprint density at radius 3 is 2.62 bits per heavy atom. The number of para-hydroxylation sites is 1. The molecule has 1 aromatic carbocycles. The van der Waals surface area contributed by atoms with Crippen LogP contribution in [-0.2, 0) is 0 Å². The van der Waals surface area contributed by atoms with E-state index < -0.39 is 5.82 Å². The third-order valence-electron chi connectivity index (χ3n) is 1.92. The molecule has 0 aliphatic heterocycles. The average Bonchev–Trinajstić information content (AvgIpc) is 2.68.